The highest BCUT2D eigenvalue weighted by molar-refractivity contribution is 7.99. The molecule has 0 spiro atoms. The summed E-state index contributed by atoms with van der Waals surface area (Å²) < 4.78 is 0. The zero-order valence-electron chi connectivity index (χ0n) is 12.3. The van der Waals surface area contributed by atoms with Crippen molar-refractivity contribution in [2.45, 2.75) is 51.2 Å². The van der Waals surface area contributed by atoms with Gasteiger partial charge in [0.2, 0.25) is 5.91 Å². The van der Waals surface area contributed by atoms with Gasteiger partial charge in [-0.1, -0.05) is 38.5 Å². The monoisotopic (exact) mass is 297 g/mol. The number of aromatic amines is 1. The van der Waals surface area contributed by atoms with Gasteiger partial charge in [0.25, 0.3) is 5.56 Å². The lowest BCUT2D eigenvalue weighted by molar-refractivity contribution is -0.119. The van der Waals surface area contributed by atoms with Crippen LogP contribution < -0.4 is 10.9 Å². The van der Waals surface area contributed by atoms with Gasteiger partial charge >= 0.3 is 0 Å². The zero-order valence-corrected chi connectivity index (χ0v) is 13.1. The van der Waals surface area contributed by atoms with Gasteiger partial charge in [0.15, 0.2) is 5.16 Å². The third-order valence-corrected chi connectivity index (χ3v) is 3.70. The van der Waals surface area contributed by atoms with Gasteiger partial charge in [-0.05, 0) is 19.3 Å². The molecule has 0 aliphatic rings. The number of amides is 1. The minimum atomic E-state index is -0.204. The first kappa shape index (κ1) is 16.8. The first-order valence-corrected chi connectivity index (χ1v) is 7.93. The van der Waals surface area contributed by atoms with Gasteiger partial charge in [0.05, 0.1) is 5.75 Å². The fourth-order valence-corrected chi connectivity index (χ4v) is 2.44. The third-order valence-electron chi connectivity index (χ3n) is 2.81. The minimum Gasteiger partial charge on any atom is -0.353 e. The number of hydrogen-bond acceptors (Lipinski definition) is 4. The van der Waals surface area contributed by atoms with Crippen LogP contribution in [0.2, 0.25) is 0 Å². The molecule has 0 aliphatic heterocycles. The van der Waals surface area contributed by atoms with Crippen LogP contribution in [0, 0.1) is 5.92 Å². The third kappa shape index (κ3) is 7.33. The van der Waals surface area contributed by atoms with E-state index in [1.54, 1.807) is 0 Å². The summed E-state index contributed by atoms with van der Waals surface area (Å²) in [4.78, 5) is 29.4. The van der Waals surface area contributed by atoms with Gasteiger partial charge in [-0.2, -0.15) is 0 Å². The molecule has 0 unspecified atom stereocenters. The van der Waals surface area contributed by atoms with Crippen LogP contribution in [-0.4, -0.2) is 27.7 Å². The quantitative estimate of drug-likeness (QED) is 0.570. The molecule has 6 heteroatoms. The smallest absolute Gasteiger partial charge is 0.251 e. The summed E-state index contributed by atoms with van der Waals surface area (Å²) in [5, 5.41) is 3.43. The van der Waals surface area contributed by atoms with Crippen molar-refractivity contribution in [2.24, 2.45) is 5.92 Å². The van der Waals surface area contributed by atoms with Crippen molar-refractivity contribution >= 4 is 17.7 Å². The molecule has 0 bridgehead atoms. The van der Waals surface area contributed by atoms with E-state index in [0.717, 1.165) is 12.8 Å². The average molecular weight is 297 g/mol. The normalized spacial score (nSPS) is 12.4. The molecule has 1 amide bonds. The Hall–Kier alpha value is -1.30. The molecular formula is C14H23N3O2S. The van der Waals surface area contributed by atoms with Crippen molar-refractivity contribution in [2.75, 3.05) is 5.75 Å². The molecule has 1 rings (SSSR count). The van der Waals surface area contributed by atoms with Crippen LogP contribution in [0.5, 0.6) is 0 Å². The molecule has 1 aromatic heterocycles. The molecule has 0 saturated carbocycles. The van der Waals surface area contributed by atoms with E-state index < -0.39 is 0 Å². The first-order valence-electron chi connectivity index (χ1n) is 6.95. The van der Waals surface area contributed by atoms with Crippen molar-refractivity contribution in [3.8, 4) is 0 Å². The van der Waals surface area contributed by atoms with Gasteiger partial charge in [-0.3, -0.25) is 9.59 Å². The van der Waals surface area contributed by atoms with Gasteiger partial charge in [-0.15, -0.1) is 0 Å². The van der Waals surface area contributed by atoms with E-state index >= 15 is 0 Å². The van der Waals surface area contributed by atoms with E-state index in [0.29, 0.717) is 11.1 Å². The van der Waals surface area contributed by atoms with Crippen molar-refractivity contribution in [3.05, 3.63) is 22.6 Å². The second kappa shape index (κ2) is 8.79. The van der Waals surface area contributed by atoms with Gasteiger partial charge in [-0.25, -0.2) is 4.98 Å². The second-order valence-electron chi connectivity index (χ2n) is 5.32. The molecule has 2 N–H and O–H groups in total. The Morgan fingerprint density at radius 3 is 2.80 bits per heavy atom. The standard InChI is InChI=1S/C14H23N3O2S/c1-10(2)5-4-6-11(3)16-13(19)9-20-14-15-8-7-12(18)17-14/h7-8,10-11H,4-6,9H2,1-3H3,(H,16,19)(H,15,17,18)/t11-/m0/s1. The van der Waals surface area contributed by atoms with Crippen LogP contribution >= 0.6 is 11.8 Å². The second-order valence-corrected chi connectivity index (χ2v) is 6.29. The molecule has 1 heterocycles. The maximum Gasteiger partial charge on any atom is 0.251 e. The molecule has 1 aromatic rings. The molecule has 0 aromatic carbocycles. The Morgan fingerprint density at radius 1 is 1.40 bits per heavy atom. The van der Waals surface area contributed by atoms with Crippen LogP contribution in [0.15, 0.2) is 22.2 Å². The SMILES string of the molecule is CC(C)CCC[C@H](C)NC(=O)CSc1nccc(=O)[nH]1. The first-order chi connectivity index (χ1) is 9.47. The topological polar surface area (TPSA) is 74.8 Å². The number of thioether (sulfide) groups is 1. The number of H-pyrrole nitrogens is 1. The number of aromatic nitrogens is 2. The van der Waals surface area contributed by atoms with E-state index in [4.69, 9.17) is 0 Å². The molecule has 5 nitrogen and oxygen atoms in total. The van der Waals surface area contributed by atoms with Crippen molar-refractivity contribution in [1.82, 2.24) is 15.3 Å². The van der Waals surface area contributed by atoms with Gasteiger partial charge < -0.3 is 10.3 Å². The maximum atomic E-state index is 11.8. The fourth-order valence-electron chi connectivity index (χ4n) is 1.78. The Balaban J connectivity index is 2.24. The molecule has 0 radical (unpaired) electrons. The predicted octanol–water partition coefficient (Wildman–Crippen LogP) is 2.19. The van der Waals surface area contributed by atoms with Crippen LogP contribution in [-0.2, 0) is 4.79 Å². The van der Waals surface area contributed by atoms with E-state index in [1.807, 2.05) is 6.92 Å². The Morgan fingerprint density at radius 2 is 2.15 bits per heavy atom. The summed E-state index contributed by atoms with van der Waals surface area (Å²) in [6.07, 6.45) is 4.74. The summed E-state index contributed by atoms with van der Waals surface area (Å²) in [7, 11) is 0. The number of nitrogens with zero attached hydrogens (tertiary/aromatic N) is 1. The number of nitrogens with one attached hydrogen (secondary N) is 2. The Kier molecular flexibility index (Phi) is 7.36. The van der Waals surface area contributed by atoms with E-state index in [2.05, 4.69) is 29.1 Å². The lowest BCUT2D eigenvalue weighted by Gasteiger charge is -2.14. The minimum absolute atomic E-state index is 0.0291. The summed E-state index contributed by atoms with van der Waals surface area (Å²) in [5.41, 5.74) is -0.204. The molecule has 0 fully saturated rings. The van der Waals surface area contributed by atoms with Crippen molar-refractivity contribution in [3.63, 3.8) is 0 Å². The largest absolute Gasteiger partial charge is 0.353 e. The number of carbonyl (C=O) groups is 1. The molecular weight excluding hydrogens is 274 g/mol. The average Bonchev–Trinajstić information content (AvgIpc) is 2.36. The van der Waals surface area contributed by atoms with E-state index in [9.17, 15) is 9.59 Å². The highest BCUT2D eigenvalue weighted by atomic mass is 32.2. The predicted molar refractivity (Wildman–Crippen MR) is 81.9 cm³/mol. The number of hydrogen-bond donors (Lipinski definition) is 2. The summed E-state index contributed by atoms with van der Waals surface area (Å²) in [6.45, 7) is 6.42. The van der Waals surface area contributed by atoms with Crippen LogP contribution in [0.25, 0.3) is 0 Å². The van der Waals surface area contributed by atoms with Gasteiger partial charge in [0, 0.05) is 18.3 Å². The van der Waals surface area contributed by atoms with E-state index in [-0.39, 0.29) is 23.3 Å². The lowest BCUT2D eigenvalue weighted by Crippen LogP contribution is -2.33. The number of carbonyl (C=O) groups excluding carboxylic acids is 1. The molecule has 0 saturated heterocycles. The van der Waals surface area contributed by atoms with Crippen LogP contribution in [0.1, 0.15) is 40.0 Å². The number of rotatable bonds is 8. The van der Waals surface area contributed by atoms with Crippen LogP contribution in [0.4, 0.5) is 0 Å². The van der Waals surface area contributed by atoms with Crippen molar-refractivity contribution in [1.29, 1.82) is 0 Å². The van der Waals surface area contributed by atoms with E-state index in [1.165, 1.54) is 30.4 Å². The Labute approximate surface area is 124 Å². The van der Waals surface area contributed by atoms with Crippen molar-refractivity contribution < 1.29 is 4.79 Å². The fraction of sp³-hybridized carbons (Fsp3) is 0.643. The highest BCUT2D eigenvalue weighted by Crippen LogP contribution is 2.10. The van der Waals surface area contributed by atoms with Gasteiger partial charge in [0.1, 0.15) is 0 Å². The Bertz CT molecular complexity index is 473. The highest BCUT2D eigenvalue weighted by Gasteiger charge is 2.09. The summed E-state index contributed by atoms with van der Waals surface area (Å²) >= 11 is 1.23. The summed E-state index contributed by atoms with van der Waals surface area (Å²) in [5.74, 6) is 0.939. The summed E-state index contributed by atoms with van der Waals surface area (Å²) in [6, 6.07) is 1.53. The molecule has 1 atom stereocenters. The van der Waals surface area contributed by atoms with Crippen LogP contribution in [0.3, 0.4) is 0 Å². The molecule has 0 aliphatic carbocycles. The maximum absolute atomic E-state index is 11.8. The lowest BCUT2D eigenvalue weighted by atomic mass is 10.0. The molecule has 112 valence electrons. The zero-order chi connectivity index (χ0) is 15.0. The molecule has 20 heavy (non-hydrogen) atoms.